The van der Waals surface area contributed by atoms with Gasteiger partial charge in [-0.1, -0.05) is 29.8 Å². The number of nitrogens with one attached hydrogen (secondary N) is 2. The quantitative estimate of drug-likeness (QED) is 0.613. The lowest BCUT2D eigenvalue weighted by atomic mass is 10.1. The van der Waals surface area contributed by atoms with E-state index in [1.165, 1.54) is 23.1 Å². The summed E-state index contributed by atoms with van der Waals surface area (Å²) in [4.78, 5) is 40.4. The summed E-state index contributed by atoms with van der Waals surface area (Å²) < 4.78 is 5.81. The number of rotatable bonds is 6. The molecule has 0 fully saturated rings. The van der Waals surface area contributed by atoms with Crippen LogP contribution in [0.3, 0.4) is 0 Å². The Morgan fingerprint density at radius 2 is 1.96 bits per heavy atom. The fourth-order valence-corrected chi connectivity index (χ4v) is 3.40. The molecular weight excluding hydrogens is 380 g/mol. The molecule has 0 aliphatic heterocycles. The number of carbonyl (C=O) groups excluding carboxylic acids is 2. The molecule has 3 aromatic rings. The number of aryl methyl sites for hydroxylation is 2. The lowest BCUT2D eigenvalue weighted by molar-refractivity contribution is -0.141. The summed E-state index contributed by atoms with van der Waals surface area (Å²) in [5, 5.41) is 7.76. The number of aromatic nitrogens is 3. The Labute approximate surface area is 165 Å². The fourth-order valence-electron chi connectivity index (χ4n) is 2.61. The monoisotopic (exact) mass is 400 g/mol. The molecule has 0 saturated carbocycles. The summed E-state index contributed by atoms with van der Waals surface area (Å²) in [6, 6.07) is 7.97. The molecule has 0 atom stereocenters. The third-order valence-electron chi connectivity index (χ3n) is 4.22. The van der Waals surface area contributed by atoms with Crippen LogP contribution in [0, 0.1) is 13.8 Å². The van der Waals surface area contributed by atoms with Crippen LogP contribution in [0.5, 0.6) is 0 Å². The number of H-pyrrole nitrogens is 1. The smallest absolute Gasteiger partial charge is 0.325 e. The molecule has 0 saturated heterocycles. The standard InChI is InChI=1S/C19H20N4O4S/c1-11-4-6-13(7-5-11)15-10-28-19(21-15)23-18(26)14(12(2)22-23)8-16(24)20-9-17(25)27-3/h4-7,10,22H,8-9H2,1-3H3,(H,20,24). The van der Waals surface area contributed by atoms with Gasteiger partial charge in [0.2, 0.25) is 11.0 Å². The van der Waals surface area contributed by atoms with Crippen LogP contribution >= 0.6 is 11.3 Å². The predicted octanol–water partition coefficient (Wildman–Crippen LogP) is 1.74. The van der Waals surface area contributed by atoms with E-state index in [-0.39, 0.29) is 18.5 Å². The van der Waals surface area contributed by atoms with Gasteiger partial charge in [0, 0.05) is 22.2 Å². The molecule has 0 spiro atoms. The minimum Gasteiger partial charge on any atom is -0.468 e. The Kier molecular flexibility index (Phi) is 5.74. The number of esters is 1. The van der Waals surface area contributed by atoms with Crippen molar-refractivity contribution < 1.29 is 14.3 Å². The summed E-state index contributed by atoms with van der Waals surface area (Å²) >= 11 is 1.33. The van der Waals surface area contributed by atoms with Crippen LogP contribution in [0.4, 0.5) is 0 Å². The summed E-state index contributed by atoms with van der Waals surface area (Å²) in [5.41, 5.74) is 3.46. The van der Waals surface area contributed by atoms with E-state index in [0.29, 0.717) is 16.4 Å². The Balaban J connectivity index is 1.80. The summed E-state index contributed by atoms with van der Waals surface area (Å²) in [5.74, 6) is -0.987. The van der Waals surface area contributed by atoms with Crippen molar-refractivity contribution >= 4 is 23.2 Å². The number of ether oxygens (including phenoxy) is 1. The van der Waals surface area contributed by atoms with Crippen LogP contribution in [0.25, 0.3) is 16.4 Å². The maximum Gasteiger partial charge on any atom is 0.325 e. The van der Waals surface area contributed by atoms with E-state index in [1.54, 1.807) is 6.92 Å². The van der Waals surface area contributed by atoms with E-state index >= 15 is 0 Å². The highest BCUT2D eigenvalue weighted by Gasteiger charge is 2.18. The Bertz CT molecular complexity index is 1060. The topological polar surface area (TPSA) is 106 Å². The van der Waals surface area contributed by atoms with Gasteiger partial charge in [-0.2, -0.15) is 4.68 Å². The number of benzene rings is 1. The lowest BCUT2D eigenvalue weighted by Gasteiger charge is -2.02. The number of carbonyl (C=O) groups is 2. The van der Waals surface area contributed by atoms with Crippen molar-refractivity contribution in [2.24, 2.45) is 0 Å². The van der Waals surface area contributed by atoms with Gasteiger partial charge in [0.1, 0.15) is 6.54 Å². The first kappa shape index (κ1) is 19.6. The zero-order valence-corrected chi connectivity index (χ0v) is 16.6. The zero-order chi connectivity index (χ0) is 20.3. The first-order valence-electron chi connectivity index (χ1n) is 8.56. The van der Waals surface area contributed by atoms with E-state index in [9.17, 15) is 14.4 Å². The third-order valence-corrected chi connectivity index (χ3v) is 5.04. The molecule has 0 unspecified atom stereocenters. The molecule has 9 heteroatoms. The van der Waals surface area contributed by atoms with E-state index in [4.69, 9.17) is 0 Å². The van der Waals surface area contributed by atoms with Crippen molar-refractivity contribution in [3.63, 3.8) is 0 Å². The minimum atomic E-state index is -0.553. The van der Waals surface area contributed by atoms with Crippen molar-refractivity contribution in [3.8, 4) is 16.4 Å². The molecule has 2 aromatic heterocycles. The highest BCUT2D eigenvalue weighted by molar-refractivity contribution is 7.12. The van der Waals surface area contributed by atoms with E-state index < -0.39 is 11.9 Å². The van der Waals surface area contributed by atoms with Crippen molar-refractivity contribution in [2.45, 2.75) is 20.3 Å². The molecular formula is C19H20N4O4S. The zero-order valence-electron chi connectivity index (χ0n) is 15.7. The lowest BCUT2D eigenvalue weighted by Crippen LogP contribution is -2.32. The molecule has 0 radical (unpaired) electrons. The number of hydrogen-bond acceptors (Lipinski definition) is 6. The van der Waals surface area contributed by atoms with Gasteiger partial charge in [0.05, 0.1) is 19.2 Å². The number of aromatic amines is 1. The molecule has 8 nitrogen and oxygen atoms in total. The minimum absolute atomic E-state index is 0.138. The maximum absolute atomic E-state index is 12.7. The molecule has 146 valence electrons. The Morgan fingerprint density at radius 1 is 1.25 bits per heavy atom. The highest BCUT2D eigenvalue weighted by Crippen LogP contribution is 2.23. The second-order valence-corrected chi connectivity index (χ2v) is 7.10. The normalized spacial score (nSPS) is 10.7. The molecule has 0 aliphatic carbocycles. The van der Waals surface area contributed by atoms with Crippen molar-refractivity contribution in [1.82, 2.24) is 20.1 Å². The second-order valence-electron chi connectivity index (χ2n) is 6.27. The molecule has 0 bridgehead atoms. The van der Waals surface area contributed by atoms with Gasteiger partial charge in [-0.25, -0.2) is 4.98 Å². The van der Waals surface area contributed by atoms with Gasteiger partial charge in [0.15, 0.2) is 0 Å². The van der Waals surface area contributed by atoms with Gasteiger partial charge < -0.3 is 10.1 Å². The summed E-state index contributed by atoms with van der Waals surface area (Å²) in [6.45, 7) is 3.50. The molecule has 2 N–H and O–H groups in total. The SMILES string of the molecule is COC(=O)CNC(=O)Cc1c(C)[nH]n(-c2nc(-c3ccc(C)cc3)cs2)c1=O. The number of methoxy groups -OCH3 is 1. The van der Waals surface area contributed by atoms with Crippen LogP contribution in [-0.2, 0) is 20.7 Å². The maximum atomic E-state index is 12.7. The van der Waals surface area contributed by atoms with Crippen molar-refractivity contribution in [1.29, 1.82) is 0 Å². The first-order valence-corrected chi connectivity index (χ1v) is 9.44. The summed E-state index contributed by atoms with van der Waals surface area (Å²) in [6.07, 6.45) is -0.138. The molecule has 2 heterocycles. The van der Waals surface area contributed by atoms with Crippen molar-refractivity contribution in [2.75, 3.05) is 13.7 Å². The van der Waals surface area contributed by atoms with Crippen molar-refractivity contribution in [3.05, 3.63) is 56.8 Å². The van der Waals surface area contributed by atoms with E-state index in [0.717, 1.165) is 16.8 Å². The van der Waals surface area contributed by atoms with E-state index in [1.807, 2.05) is 36.6 Å². The summed E-state index contributed by atoms with van der Waals surface area (Å²) in [7, 11) is 1.24. The predicted molar refractivity (Wildman–Crippen MR) is 106 cm³/mol. The largest absolute Gasteiger partial charge is 0.468 e. The average molecular weight is 400 g/mol. The molecule has 0 aliphatic rings. The van der Waals surface area contributed by atoms with Gasteiger partial charge in [0.25, 0.3) is 5.56 Å². The molecule has 1 amide bonds. The highest BCUT2D eigenvalue weighted by atomic mass is 32.1. The number of nitrogens with zero attached hydrogens (tertiary/aromatic N) is 2. The fraction of sp³-hybridized carbons (Fsp3) is 0.263. The Morgan fingerprint density at radius 3 is 2.64 bits per heavy atom. The van der Waals surface area contributed by atoms with Crippen LogP contribution in [0.15, 0.2) is 34.4 Å². The van der Waals surface area contributed by atoms with Gasteiger partial charge >= 0.3 is 5.97 Å². The number of amides is 1. The van der Waals surface area contributed by atoms with Gasteiger partial charge in [-0.3, -0.25) is 19.5 Å². The first-order chi connectivity index (χ1) is 13.4. The van der Waals surface area contributed by atoms with Crippen LogP contribution < -0.4 is 10.9 Å². The molecule has 28 heavy (non-hydrogen) atoms. The van der Waals surface area contributed by atoms with Crippen LogP contribution in [0.1, 0.15) is 16.8 Å². The van der Waals surface area contributed by atoms with Crippen LogP contribution in [-0.4, -0.2) is 40.3 Å². The third kappa shape index (κ3) is 4.20. The number of hydrogen-bond donors (Lipinski definition) is 2. The van der Waals surface area contributed by atoms with Gasteiger partial charge in [-0.05, 0) is 13.8 Å². The molecule has 1 aromatic carbocycles. The van der Waals surface area contributed by atoms with E-state index in [2.05, 4.69) is 20.1 Å². The molecule has 3 rings (SSSR count). The van der Waals surface area contributed by atoms with Gasteiger partial charge in [-0.15, -0.1) is 11.3 Å². The Hall–Kier alpha value is -3.20. The van der Waals surface area contributed by atoms with Crippen LogP contribution in [0.2, 0.25) is 0 Å². The average Bonchev–Trinajstić information content (AvgIpc) is 3.27. The number of thiazole rings is 1. The second kappa shape index (κ2) is 8.22.